The van der Waals surface area contributed by atoms with Crippen LogP contribution in [0.1, 0.15) is 18.5 Å². The monoisotopic (exact) mass is 194 g/mol. The van der Waals surface area contributed by atoms with Gasteiger partial charge in [0.15, 0.2) is 0 Å². The Kier molecular flexibility index (Phi) is 2.02. The molecule has 3 N–H and O–H groups in total. The second-order valence-electron chi connectivity index (χ2n) is 3.20. The largest absolute Gasteiger partial charge is 0.361 e. The molecule has 2 rings (SSSR count). The summed E-state index contributed by atoms with van der Waals surface area (Å²) in [5.41, 5.74) is 7.93. The molecule has 13 heavy (non-hydrogen) atoms. The number of aromatic amines is 1. The number of aromatic nitrogens is 1. The molecular weight excluding hydrogens is 184 g/mol. The van der Waals surface area contributed by atoms with Crippen LogP contribution in [0.4, 0.5) is 0 Å². The molecule has 2 nitrogen and oxygen atoms in total. The van der Waals surface area contributed by atoms with Crippen LogP contribution in [-0.4, -0.2) is 4.98 Å². The van der Waals surface area contributed by atoms with Gasteiger partial charge in [-0.1, -0.05) is 17.7 Å². The minimum absolute atomic E-state index is 0.00801. The van der Waals surface area contributed by atoms with Crippen molar-refractivity contribution in [3.63, 3.8) is 0 Å². The van der Waals surface area contributed by atoms with E-state index < -0.39 is 0 Å². The summed E-state index contributed by atoms with van der Waals surface area (Å²) in [7, 11) is 0. The van der Waals surface area contributed by atoms with Gasteiger partial charge in [-0.2, -0.15) is 0 Å². The van der Waals surface area contributed by atoms with Crippen molar-refractivity contribution in [1.29, 1.82) is 0 Å². The summed E-state index contributed by atoms with van der Waals surface area (Å²) in [5, 5.41) is 1.80. The third-order valence-electron chi connectivity index (χ3n) is 2.18. The second kappa shape index (κ2) is 3.05. The lowest BCUT2D eigenvalue weighted by atomic mass is 10.1. The standard InChI is InChI=1S/C10H11ClN2/c1-6(12)7-5-13-9-4-2-3-8(11)10(7)9/h2-6,13H,12H2,1H3/t6-/m1/s1. The molecule has 3 heteroatoms. The van der Waals surface area contributed by atoms with Crippen molar-refractivity contribution in [3.8, 4) is 0 Å². The van der Waals surface area contributed by atoms with Crippen molar-refractivity contribution >= 4 is 22.5 Å². The van der Waals surface area contributed by atoms with E-state index in [2.05, 4.69) is 4.98 Å². The summed E-state index contributed by atoms with van der Waals surface area (Å²) in [4.78, 5) is 3.15. The summed E-state index contributed by atoms with van der Waals surface area (Å²) in [6.07, 6.45) is 1.92. The van der Waals surface area contributed by atoms with Gasteiger partial charge in [-0.3, -0.25) is 0 Å². The van der Waals surface area contributed by atoms with Crippen molar-refractivity contribution in [3.05, 3.63) is 35.0 Å². The SMILES string of the molecule is C[C@@H](N)c1c[nH]c2cccc(Cl)c12. The molecule has 0 bridgehead atoms. The van der Waals surface area contributed by atoms with Gasteiger partial charge in [-0.25, -0.2) is 0 Å². The zero-order valence-electron chi connectivity index (χ0n) is 7.34. The molecule has 0 amide bonds. The summed E-state index contributed by atoms with van der Waals surface area (Å²) >= 11 is 6.07. The highest BCUT2D eigenvalue weighted by atomic mass is 35.5. The van der Waals surface area contributed by atoms with Crippen LogP contribution in [0.15, 0.2) is 24.4 Å². The number of nitrogens with one attached hydrogen (secondary N) is 1. The van der Waals surface area contributed by atoms with E-state index in [0.717, 1.165) is 21.5 Å². The molecule has 0 spiro atoms. The molecule has 68 valence electrons. The van der Waals surface area contributed by atoms with Gasteiger partial charge in [0.25, 0.3) is 0 Å². The van der Waals surface area contributed by atoms with E-state index in [-0.39, 0.29) is 6.04 Å². The first kappa shape index (κ1) is 8.60. The lowest BCUT2D eigenvalue weighted by Gasteiger charge is -2.03. The number of nitrogens with two attached hydrogens (primary N) is 1. The Morgan fingerprint density at radius 3 is 2.92 bits per heavy atom. The van der Waals surface area contributed by atoms with Crippen molar-refractivity contribution in [1.82, 2.24) is 4.98 Å². The van der Waals surface area contributed by atoms with Crippen LogP contribution in [0.2, 0.25) is 5.02 Å². The number of hydrogen-bond donors (Lipinski definition) is 2. The minimum atomic E-state index is 0.00801. The van der Waals surface area contributed by atoms with Gasteiger partial charge in [-0.05, 0) is 24.6 Å². The van der Waals surface area contributed by atoms with E-state index >= 15 is 0 Å². The highest BCUT2D eigenvalue weighted by molar-refractivity contribution is 6.35. The van der Waals surface area contributed by atoms with E-state index in [0.29, 0.717) is 0 Å². The van der Waals surface area contributed by atoms with Gasteiger partial charge in [0.1, 0.15) is 0 Å². The third-order valence-corrected chi connectivity index (χ3v) is 2.49. The number of H-pyrrole nitrogens is 1. The number of rotatable bonds is 1. The van der Waals surface area contributed by atoms with Crippen LogP contribution in [0, 0.1) is 0 Å². The molecule has 1 aromatic carbocycles. The molecule has 0 aliphatic heterocycles. The van der Waals surface area contributed by atoms with Crippen LogP contribution in [0.3, 0.4) is 0 Å². The Balaban J connectivity index is 2.79. The molecule has 0 saturated carbocycles. The highest BCUT2D eigenvalue weighted by Crippen LogP contribution is 2.29. The second-order valence-corrected chi connectivity index (χ2v) is 3.60. The quantitative estimate of drug-likeness (QED) is 0.720. The van der Waals surface area contributed by atoms with E-state index in [1.807, 2.05) is 31.3 Å². The Morgan fingerprint density at radius 1 is 1.46 bits per heavy atom. The normalized spacial score (nSPS) is 13.5. The molecule has 1 atom stereocenters. The van der Waals surface area contributed by atoms with E-state index in [1.54, 1.807) is 0 Å². The Bertz CT molecular complexity index is 431. The molecular formula is C10H11ClN2. The fourth-order valence-electron chi connectivity index (χ4n) is 1.52. The van der Waals surface area contributed by atoms with Gasteiger partial charge in [0, 0.05) is 23.1 Å². The molecule has 0 unspecified atom stereocenters. The van der Waals surface area contributed by atoms with Gasteiger partial charge in [-0.15, -0.1) is 0 Å². The minimum Gasteiger partial charge on any atom is -0.361 e. The maximum Gasteiger partial charge on any atom is 0.0503 e. The fraction of sp³-hybridized carbons (Fsp3) is 0.200. The van der Waals surface area contributed by atoms with E-state index in [9.17, 15) is 0 Å². The maximum absolute atomic E-state index is 6.07. The van der Waals surface area contributed by atoms with Crippen LogP contribution in [-0.2, 0) is 0 Å². The molecule has 1 aromatic heterocycles. The smallest absolute Gasteiger partial charge is 0.0503 e. The summed E-state index contributed by atoms with van der Waals surface area (Å²) < 4.78 is 0. The number of hydrogen-bond acceptors (Lipinski definition) is 1. The number of benzene rings is 1. The van der Waals surface area contributed by atoms with Gasteiger partial charge in [0.05, 0.1) is 5.02 Å². The predicted octanol–water partition coefficient (Wildman–Crippen LogP) is 2.84. The average molecular weight is 195 g/mol. The Morgan fingerprint density at radius 2 is 2.23 bits per heavy atom. The molecule has 0 aliphatic rings. The first-order valence-corrected chi connectivity index (χ1v) is 4.59. The number of fused-ring (bicyclic) bond motifs is 1. The van der Waals surface area contributed by atoms with Crippen LogP contribution in [0.25, 0.3) is 10.9 Å². The molecule has 0 fully saturated rings. The molecule has 1 heterocycles. The average Bonchev–Trinajstić information content (AvgIpc) is 2.49. The zero-order valence-corrected chi connectivity index (χ0v) is 8.10. The lowest BCUT2D eigenvalue weighted by Crippen LogP contribution is -2.03. The number of halogens is 1. The van der Waals surface area contributed by atoms with Gasteiger partial charge in [0.2, 0.25) is 0 Å². The van der Waals surface area contributed by atoms with Crippen LogP contribution < -0.4 is 5.73 Å². The van der Waals surface area contributed by atoms with Crippen LogP contribution >= 0.6 is 11.6 Å². The first-order valence-electron chi connectivity index (χ1n) is 4.21. The predicted molar refractivity (Wildman–Crippen MR) is 55.9 cm³/mol. The molecule has 0 saturated heterocycles. The van der Waals surface area contributed by atoms with Gasteiger partial charge < -0.3 is 10.7 Å². The van der Waals surface area contributed by atoms with Gasteiger partial charge >= 0.3 is 0 Å². The Labute approximate surface area is 81.7 Å². The van der Waals surface area contributed by atoms with E-state index in [4.69, 9.17) is 17.3 Å². The topological polar surface area (TPSA) is 41.8 Å². The molecule has 0 radical (unpaired) electrons. The summed E-state index contributed by atoms with van der Waals surface area (Å²) in [6, 6.07) is 5.80. The van der Waals surface area contributed by atoms with Crippen LogP contribution in [0.5, 0.6) is 0 Å². The lowest BCUT2D eigenvalue weighted by molar-refractivity contribution is 0.826. The molecule has 2 aromatic rings. The van der Waals surface area contributed by atoms with Crippen molar-refractivity contribution in [2.45, 2.75) is 13.0 Å². The molecule has 0 aliphatic carbocycles. The summed E-state index contributed by atoms with van der Waals surface area (Å²) in [6.45, 7) is 1.95. The first-order chi connectivity index (χ1) is 6.20. The van der Waals surface area contributed by atoms with Crippen molar-refractivity contribution < 1.29 is 0 Å². The fourth-order valence-corrected chi connectivity index (χ4v) is 1.81. The third kappa shape index (κ3) is 1.32. The van der Waals surface area contributed by atoms with E-state index in [1.165, 1.54) is 0 Å². The van der Waals surface area contributed by atoms with Crippen molar-refractivity contribution in [2.75, 3.05) is 0 Å². The van der Waals surface area contributed by atoms with Crippen molar-refractivity contribution in [2.24, 2.45) is 5.73 Å². The maximum atomic E-state index is 6.07. The Hall–Kier alpha value is -0.990. The summed E-state index contributed by atoms with van der Waals surface area (Å²) in [5.74, 6) is 0. The highest BCUT2D eigenvalue weighted by Gasteiger charge is 2.09. The zero-order chi connectivity index (χ0) is 9.42.